The molecule has 110 valence electrons. The van der Waals surface area contributed by atoms with E-state index in [4.69, 9.17) is 9.94 Å². The van der Waals surface area contributed by atoms with E-state index in [1.807, 2.05) is 0 Å². The molecule has 2 aliphatic rings. The van der Waals surface area contributed by atoms with E-state index in [9.17, 15) is 14.4 Å². The summed E-state index contributed by atoms with van der Waals surface area (Å²) in [4.78, 5) is 41.9. The topological polar surface area (TPSA) is 87.2 Å². The van der Waals surface area contributed by atoms with Crippen LogP contribution in [0.2, 0.25) is 0 Å². The Balaban J connectivity index is 1.67. The van der Waals surface area contributed by atoms with E-state index in [1.165, 1.54) is 4.90 Å². The number of hydrogen-bond acceptors (Lipinski definition) is 4. The Bertz CT molecular complexity index is 572. The molecule has 0 atom stereocenters. The summed E-state index contributed by atoms with van der Waals surface area (Å²) in [7, 11) is 0. The highest BCUT2D eigenvalue weighted by Crippen LogP contribution is 2.25. The molecule has 7 heteroatoms. The van der Waals surface area contributed by atoms with Gasteiger partial charge < -0.3 is 10.0 Å². The third-order valence-corrected chi connectivity index (χ3v) is 3.72. The van der Waals surface area contributed by atoms with Gasteiger partial charge in [0.25, 0.3) is 11.8 Å². The molecule has 21 heavy (non-hydrogen) atoms. The molecule has 3 amide bonds. The summed E-state index contributed by atoms with van der Waals surface area (Å²) < 4.78 is 0. The highest BCUT2D eigenvalue weighted by atomic mass is 16.7. The number of piperidine rings is 1. The molecule has 2 aliphatic heterocycles. The summed E-state index contributed by atoms with van der Waals surface area (Å²) >= 11 is 0. The second-order valence-electron chi connectivity index (χ2n) is 5.02. The Labute approximate surface area is 120 Å². The van der Waals surface area contributed by atoms with Gasteiger partial charge in [-0.1, -0.05) is 12.1 Å². The van der Waals surface area contributed by atoms with E-state index in [0.717, 1.165) is 5.06 Å². The molecule has 0 aliphatic carbocycles. The number of fused-ring (bicyclic) bond motifs is 1. The first-order valence-corrected chi connectivity index (χ1v) is 6.70. The molecular formula is C14H14N2O5. The van der Waals surface area contributed by atoms with Gasteiger partial charge in [0.1, 0.15) is 0 Å². The van der Waals surface area contributed by atoms with Crippen LogP contribution in [0.1, 0.15) is 33.6 Å². The number of hydrogen-bond donors (Lipinski definition) is 1. The Kier molecular flexibility index (Phi) is 3.34. The number of carbonyl (C=O) groups excluding carboxylic acids is 2. The predicted molar refractivity (Wildman–Crippen MR) is 70.6 cm³/mol. The lowest BCUT2D eigenvalue weighted by Crippen LogP contribution is -2.43. The minimum atomic E-state index is -0.964. The molecular weight excluding hydrogens is 276 g/mol. The Hall–Kier alpha value is -2.41. The Morgan fingerprint density at radius 3 is 2.10 bits per heavy atom. The quantitative estimate of drug-likeness (QED) is 0.831. The monoisotopic (exact) mass is 290 g/mol. The summed E-state index contributed by atoms with van der Waals surface area (Å²) in [6, 6.07) is 6.57. The van der Waals surface area contributed by atoms with E-state index in [0.29, 0.717) is 37.1 Å². The standard InChI is InChI=1S/C14H14N2O5/c17-12-10-3-1-2-4-11(10)13(18)16(12)21-9-5-7-15(8-6-9)14(19)20/h1-4,9H,5-8H2,(H,19,20). The summed E-state index contributed by atoms with van der Waals surface area (Å²) in [5.41, 5.74) is 0.677. The lowest BCUT2D eigenvalue weighted by atomic mass is 10.1. The van der Waals surface area contributed by atoms with Crippen LogP contribution in [-0.4, -0.2) is 52.2 Å². The normalized spacial score (nSPS) is 19.0. The zero-order valence-electron chi connectivity index (χ0n) is 11.2. The number of likely N-dealkylation sites (tertiary alicyclic amines) is 1. The molecule has 0 saturated carbocycles. The van der Waals surface area contributed by atoms with Crippen molar-refractivity contribution in [1.29, 1.82) is 0 Å². The minimum Gasteiger partial charge on any atom is -0.465 e. The van der Waals surface area contributed by atoms with Crippen LogP contribution >= 0.6 is 0 Å². The van der Waals surface area contributed by atoms with Gasteiger partial charge in [-0.05, 0) is 25.0 Å². The van der Waals surface area contributed by atoms with Crippen molar-refractivity contribution in [3.63, 3.8) is 0 Å². The molecule has 1 saturated heterocycles. The summed E-state index contributed by atoms with van der Waals surface area (Å²) in [5, 5.41) is 9.68. The molecule has 1 N–H and O–H groups in total. The first-order chi connectivity index (χ1) is 10.1. The lowest BCUT2D eigenvalue weighted by Gasteiger charge is -2.31. The van der Waals surface area contributed by atoms with Crippen molar-refractivity contribution in [3.8, 4) is 0 Å². The summed E-state index contributed by atoms with van der Waals surface area (Å²) in [6.45, 7) is 0.673. The van der Waals surface area contributed by atoms with Gasteiger partial charge in [0.05, 0.1) is 17.2 Å². The van der Waals surface area contributed by atoms with E-state index in [2.05, 4.69) is 0 Å². The maximum Gasteiger partial charge on any atom is 0.407 e. The minimum absolute atomic E-state index is 0.331. The van der Waals surface area contributed by atoms with Crippen LogP contribution < -0.4 is 0 Å². The van der Waals surface area contributed by atoms with Gasteiger partial charge in [0.2, 0.25) is 0 Å². The molecule has 0 spiro atoms. The van der Waals surface area contributed by atoms with Gasteiger partial charge >= 0.3 is 6.09 Å². The van der Waals surface area contributed by atoms with Crippen LogP contribution in [0.3, 0.4) is 0 Å². The summed E-state index contributed by atoms with van der Waals surface area (Å²) in [6.07, 6.45) is -0.378. The predicted octanol–water partition coefficient (Wildman–Crippen LogP) is 1.36. The molecule has 1 fully saturated rings. The van der Waals surface area contributed by atoms with Gasteiger partial charge in [-0.3, -0.25) is 14.4 Å². The molecule has 0 aromatic heterocycles. The fourth-order valence-electron chi connectivity index (χ4n) is 2.56. The highest BCUT2D eigenvalue weighted by Gasteiger charge is 2.38. The van der Waals surface area contributed by atoms with Gasteiger partial charge in [-0.2, -0.15) is 0 Å². The second kappa shape index (κ2) is 5.17. The molecule has 0 radical (unpaired) electrons. The average Bonchev–Trinajstić information content (AvgIpc) is 2.73. The van der Waals surface area contributed by atoms with Gasteiger partial charge in [-0.25, -0.2) is 4.79 Å². The number of nitrogens with zero attached hydrogens (tertiary/aromatic N) is 2. The third-order valence-electron chi connectivity index (χ3n) is 3.72. The highest BCUT2D eigenvalue weighted by molar-refractivity contribution is 6.20. The van der Waals surface area contributed by atoms with Gasteiger partial charge in [-0.15, -0.1) is 5.06 Å². The zero-order valence-corrected chi connectivity index (χ0v) is 11.2. The van der Waals surface area contributed by atoms with Crippen molar-refractivity contribution < 1.29 is 24.3 Å². The van der Waals surface area contributed by atoms with Crippen molar-refractivity contribution in [1.82, 2.24) is 9.96 Å². The van der Waals surface area contributed by atoms with E-state index >= 15 is 0 Å². The maximum absolute atomic E-state index is 12.1. The molecule has 0 bridgehead atoms. The van der Waals surface area contributed by atoms with Crippen molar-refractivity contribution in [2.24, 2.45) is 0 Å². The van der Waals surface area contributed by atoms with Crippen LogP contribution in [0.25, 0.3) is 0 Å². The molecule has 3 rings (SSSR count). The van der Waals surface area contributed by atoms with Gasteiger partial charge in [0, 0.05) is 13.1 Å². The molecule has 7 nitrogen and oxygen atoms in total. The Morgan fingerprint density at radius 1 is 1.10 bits per heavy atom. The number of amides is 3. The van der Waals surface area contributed by atoms with E-state index in [1.54, 1.807) is 24.3 Å². The number of imide groups is 1. The van der Waals surface area contributed by atoms with Crippen molar-refractivity contribution >= 4 is 17.9 Å². The fourth-order valence-corrected chi connectivity index (χ4v) is 2.56. The van der Waals surface area contributed by atoms with Crippen LogP contribution in [0, 0.1) is 0 Å². The van der Waals surface area contributed by atoms with Crippen molar-refractivity contribution in [2.75, 3.05) is 13.1 Å². The molecule has 1 aromatic rings. The van der Waals surface area contributed by atoms with Crippen molar-refractivity contribution in [3.05, 3.63) is 35.4 Å². The number of benzene rings is 1. The number of carboxylic acid groups (broad SMARTS) is 1. The Morgan fingerprint density at radius 2 is 1.62 bits per heavy atom. The molecule has 1 aromatic carbocycles. The summed E-state index contributed by atoms with van der Waals surface area (Å²) in [5.74, 6) is -0.924. The largest absolute Gasteiger partial charge is 0.465 e. The number of carbonyl (C=O) groups is 3. The first-order valence-electron chi connectivity index (χ1n) is 6.70. The van der Waals surface area contributed by atoms with Crippen LogP contribution in [0.4, 0.5) is 4.79 Å². The molecule has 2 heterocycles. The first kappa shape index (κ1) is 13.6. The SMILES string of the molecule is O=C(O)N1CCC(ON2C(=O)c3ccccc3C2=O)CC1. The third kappa shape index (κ3) is 2.36. The van der Waals surface area contributed by atoms with Crippen LogP contribution in [-0.2, 0) is 4.84 Å². The van der Waals surface area contributed by atoms with Crippen LogP contribution in [0.5, 0.6) is 0 Å². The fraction of sp³-hybridized carbons (Fsp3) is 0.357. The van der Waals surface area contributed by atoms with E-state index in [-0.39, 0.29) is 6.10 Å². The number of rotatable bonds is 2. The zero-order chi connectivity index (χ0) is 15.0. The molecule has 0 unspecified atom stereocenters. The van der Waals surface area contributed by atoms with Gasteiger partial charge in [0.15, 0.2) is 0 Å². The average molecular weight is 290 g/mol. The smallest absolute Gasteiger partial charge is 0.407 e. The second-order valence-corrected chi connectivity index (χ2v) is 5.02. The van der Waals surface area contributed by atoms with Crippen LogP contribution in [0.15, 0.2) is 24.3 Å². The maximum atomic E-state index is 12.1. The van der Waals surface area contributed by atoms with Crippen molar-refractivity contribution in [2.45, 2.75) is 18.9 Å². The lowest BCUT2D eigenvalue weighted by molar-refractivity contribution is -0.144. The number of hydroxylamine groups is 2. The van der Waals surface area contributed by atoms with E-state index < -0.39 is 17.9 Å².